The summed E-state index contributed by atoms with van der Waals surface area (Å²) in [5.41, 5.74) is 0.678. The van der Waals surface area contributed by atoms with Gasteiger partial charge < -0.3 is 0 Å². The Morgan fingerprint density at radius 2 is 1.72 bits per heavy atom. The summed E-state index contributed by atoms with van der Waals surface area (Å²) in [7, 11) is 0. The lowest BCUT2D eigenvalue weighted by atomic mass is 10.0. The highest BCUT2D eigenvalue weighted by atomic mass is 19.4. The molecule has 0 aliphatic carbocycles. The molecular weight excluding hydrogens is 424 g/mol. The Labute approximate surface area is 181 Å². The molecule has 2 aromatic heterocycles. The Morgan fingerprint density at radius 1 is 1.00 bits per heavy atom. The van der Waals surface area contributed by atoms with E-state index < -0.39 is 23.2 Å². The molecule has 0 atom stereocenters. The van der Waals surface area contributed by atoms with Crippen molar-refractivity contribution in [2.75, 3.05) is 0 Å². The van der Waals surface area contributed by atoms with Gasteiger partial charge in [0.15, 0.2) is 0 Å². The van der Waals surface area contributed by atoms with Crippen molar-refractivity contribution >= 4 is 0 Å². The SMILES string of the molecule is CCn1cc(Cn2cc(C)n(-c3cc(-c4ccc(F)cc4)cc(C(F)(F)F)c3)c2=O)cn1. The average Bonchev–Trinajstić information content (AvgIpc) is 3.31. The molecule has 0 aliphatic rings. The third-order valence-electron chi connectivity index (χ3n) is 5.18. The minimum atomic E-state index is -4.61. The molecule has 2 aromatic carbocycles. The van der Waals surface area contributed by atoms with Gasteiger partial charge >= 0.3 is 11.9 Å². The van der Waals surface area contributed by atoms with Gasteiger partial charge in [0.25, 0.3) is 0 Å². The second kappa shape index (κ2) is 8.14. The van der Waals surface area contributed by atoms with Gasteiger partial charge in [-0.05, 0) is 55.3 Å². The lowest BCUT2D eigenvalue weighted by Crippen LogP contribution is -2.24. The van der Waals surface area contributed by atoms with Crippen LogP contribution < -0.4 is 5.69 Å². The van der Waals surface area contributed by atoms with Crippen molar-refractivity contribution in [1.82, 2.24) is 18.9 Å². The fourth-order valence-corrected chi connectivity index (χ4v) is 3.62. The van der Waals surface area contributed by atoms with Crippen molar-refractivity contribution in [3.8, 4) is 16.8 Å². The van der Waals surface area contributed by atoms with E-state index in [1.165, 1.54) is 39.5 Å². The highest BCUT2D eigenvalue weighted by molar-refractivity contribution is 5.67. The van der Waals surface area contributed by atoms with Gasteiger partial charge in [0, 0.05) is 30.2 Å². The molecule has 4 rings (SSSR count). The number of hydrogen-bond acceptors (Lipinski definition) is 2. The largest absolute Gasteiger partial charge is 0.416 e. The predicted molar refractivity (Wildman–Crippen MR) is 112 cm³/mol. The number of benzene rings is 2. The smallest absolute Gasteiger partial charge is 0.294 e. The van der Waals surface area contributed by atoms with E-state index in [-0.39, 0.29) is 17.8 Å². The molecule has 0 radical (unpaired) electrons. The van der Waals surface area contributed by atoms with Crippen LogP contribution in [0.2, 0.25) is 0 Å². The fourth-order valence-electron chi connectivity index (χ4n) is 3.62. The van der Waals surface area contributed by atoms with Gasteiger partial charge in [-0.25, -0.2) is 9.18 Å². The van der Waals surface area contributed by atoms with Crippen LogP contribution in [0.5, 0.6) is 0 Å². The lowest BCUT2D eigenvalue weighted by Gasteiger charge is -2.14. The van der Waals surface area contributed by atoms with Crippen LogP contribution in [0.15, 0.2) is 65.8 Å². The quantitative estimate of drug-likeness (QED) is 0.405. The Kier molecular flexibility index (Phi) is 5.50. The highest BCUT2D eigenvalue weighted by Gasteiger charge is 2.32. The topological polar surface area (TPSA) is 44.8 Å². The number of halogens is 4. The van der Waals surface area contributed by atoms with Crippen molar-refractivity contribution in [2.45, 2.75) is 33.1 Å². The fraction of sp³-hybridized carbons (Fsp3) is 0.217. The number of hydrogen-bond donors (Lipinski definition) is 0. The Hall–Kier alpha value is -3.62. The first-order chi connectivity index (χ1) is 15.2. The molecule has 0 fully saturated rings. The summed E-state index contributed by atoms with van der Waals surface area (Å²) in [5.74, 6) is -0.489. The Morgan fingerprint density at radius 3 is 2.34 bits per heavy atom. The zero-order valence-corrected chi connectivity index (χ0v) is 17.4. The van der Waals surface area contributed by atoms with Crippen molar-refractivity contribution < 1.29 is 17.6 Å². The zero-order chi connectivity index (χ0) is 23.0. The van der Waals surface area contributed by atoms with Crippen molar-refractivity contribution in [2.24, 2.45) is 0 Å². The van der Waals surface area contributed by atoms with Crippen LogP contribution in [0.25, 0.3) is 16.8 Å². The van der Waals surface area contributed by atoms with Gasteiger partial charge in [0.1, 0.15) is 5.82 Å². The van der Waals surface area contributed by atoms with E-state index in [0.29, 0.717) is 17.8 Å². The van der Waals surface area contributed by atoms with Crippen LogP contribution in [0.1, 0.15) is 23.7 Å². The van der Waals surface area contributed by atoms with E-state index in [4.69, 9.17) is 0 Å². The molecule has 0 bridgehead atoms. The third kappa shape index (κ3) is 4.23. The number of alkyl halides is 3. The van der Waals surface area contributed by atoms with E-state index >= 15 is 0 Å². The third-order valence-corrected chi connectivity index (χ3v) is 5.18. The normalized spacial score (nSPS) is 11.8. The van der Waals surface area contributed by atoms with Gasteiger partial charge in [-0.2, -0.15) is 18.3 Å². The molecule has 9 heteroatoms. The van der Waals surface area contributed by atoms with Crippen LogP contribution in [0.3, 0.4) is 0 Å². The van der Waals surface area contributed by atoms with Crippen LogP contribution in [0.4, 0.5) is 17.6 Å². The molecule has 4 aromatic rings. The molecule has 2 heterocycles. The Balaban J connectivity index is 1.82. The van der Waals surface area contributed by atoms with E-state index in [2.05, 4.69) is 5.10 Å². The molecule has 0 spiro atoms. The number of aryl methyl sites for hydroxylation is 2. The molecule has 0 amide bonds. The first-order valence-electron chi connectivity index (χ1n) is 9.94. The summed E-state index contributed by atoms with van der Waals surface area (Å²) in [6.07, 6.45) is 0.457. The van der Waals surface area contributed by atoms with E-state index in [9.17, 15) is 22.4 Å². The summed E-state index contributed by atoms with van der Waals surface area (Å²) < 4.78 is 58.5. The molecule has 0 unspecified atom stereocenters. The van der Waals surface area contributed by atoms with Crippen molar-refractivity contribution in [1.29, 1.82) is 0 Å². The first-order valence-corrected chi connectivity index (χ1v) is 9.94. The highest BCUT2D eigenvalue weighted by Crippen LogP contribution is 2.34. The van der Waals surface area contributed by atoms with Crippen molar-refractivity contribution in [3.63, 3.8) is 0 Å². The molecule has 0 saturated heterocycles. The van der Waals surface area contributed by atoms with E-state index in [0.717, 1.165) is 17.7 Å². The van der Waals surface area contributed by atoms with Gasteiger partial charge in [0.2, 0.25) is 0 Å². The van der Waals surface area contributed by atoms with Gasteiger partial charge in [-0.1, -0.05) is 12.1 Å². The minimum Gasteiger partial charge on any atom is -0.294 e. The van der Waals surface area contributed by atoms with Crippen LogP contribution in [-0.4, -0.2) is 18.9 Å². The summed E-state index contributed by atoms with van der Waals surface area (Å²) in [6, 6.07) is 8.60. The first kappa shape index (κ1) is 21.6. The summed E-state index contributed by atoms with van der Waals surface area (Å²) in [4.78, 5) is 13.1. The minimum absolute atomic E-state index is 0.0876. The second-order valence-corrected chi connectivity index (χ2v) is 7.49. The average molecular weight is 444 g/mol. The van der Waals surface area contributed by atoms with Gasteiger partial charge in [-0.15, -0.1) is 0 Å². The van der Waals surface area contributed by atoms with Crippen molar-refractivity contribution in [3.05, 3.63) is 94.2 Å². The monoisotopic (exact) mass is 444 g/mol. The predicted octanol–water partition coefficient (Wildman–Crippen LogP) is 5.04. The summed E-state index contributed by atoms with van der Waals surface area (Å²) in [5, 5.41) is 4.18. The summed E-state index contributed by atoms with van der Waals surface area (Å²) >= 11 is 0. The van der Waals surface area contributed by atoms with Crippen LogP contribution in [-0.2, 0) is 19.3 Å². The van der Waals surface area contributed by atoms with Crippen LogP contribution >= 0.6 is 0 Å². The molecule has 0 saturated carbocycles. The van der Waals surface area contributed by atoms with Gasteiger partial charge in [-0.3, -0.25) is 13.8 Å². The Bertz CT molecular complexity index is 1310. The van der Waals surface area contributed by atoms with E-state index in [1.807, 2.05) is 13.1 Å². The van der Waals surface area contributed by atoms with Gasteiger partial charge in [0.05, 0.1) is 24.0 Å². The maximum Gasteiger partial charge on any atom is 0.416 e. The molecule has 32 heavy (non-hydrogen) atoms. The standard InChI is InChI=1S/C23H20F4N4O/c1-3-30-14-16(11-28-30)13-29-12-15(2)31(22(29)32)21-9-18(8-19(10-21)23(25,26)27)17-4-6-20(24)7-5-17/h4-12,14H,3,13H2,1-2H3. The number of rotatable bonds is 5. The molecule has 0 aliphatic heterocycles. The van der Waals surface area contributed by atoms with Crippen LogP contribution in [0, 0.1) is 12.7 Å². The van der Waals surface area contributed by atoms with E-state index in [1.54, 1.807) is 24.0 Å². The number of aromatic nitrogens is 4. The molecule has 166 valence electrons. The second-order valence-electron chi connectivity index (χ2n) is 7.49. The molecule has 0 N–H and O–H groups in total. The number of nitrogens with zero attached hydrogens (tertiary/aromatic N) is 4. The molecule has 5 nitrogen and oxygen atoms in total. The maximum atomic E-state index is 13.6. The lowest BCUT2D eigenvalue weighted by molar-refractivity contribution is -0.137. The summed E-state index contributed by atoms with van der Waals surface area (Å²) in [6.45, 7) is 4.53. The molecular formula is C23H20F4N4O. The maximum absolute atomic E-state index is 13.6. The zero-order valence-electron chi connectivity index (χ0n) is 17.4. The number of imidazole rings is 1.